The fraction of sp³-hybridized carbons (Fsp3) is 0.444. The summed E-state index contributed by atoms with van der Waals surface area (Å²) in [7, 11) is 1.77. The van der Waals surface area contributed by atoms with E-state index in [4.69, 9.17) is 4.74 Å². The lowest BCUT2D eigenvalue weighted by Crippen LogP contribution is -2.36. The first-order valence-electron chi connectivity index (χ1n) is 8.39. The van der Waals surface area contributed by atoms with Gasteiger partial charge >= 0.3 is 0 Å². The molecule has 1 aromatic carbocycles. The Labute approximate surface area is 142 Å². The molecule has 0 aliphatic heterocycles. The van der Waals surface area contributed by atoms with E-state index in [-0.39, 0.29) is 0 Å². The number of guanidine groups is 1. The minimum atomic E-state index is 0.651. The first-order chi connectivity index (χ1) is 11.7. The number of H-pyrrole nitrogens is 1. The van der Waals surface area contributed by atoms with Crippen molar-refractivity contribution in [2.75, 3.05) is 13.7 Å². The largest absolute Gasteiger partial charge is 0.493 e. The molecule has 0 saturated heterocycles. The van der Waals surface area contributed by atoms with Gasteiger partial charge in [-0.3, -0.25) is 10.1 Å². The van der Waals surface area contributed by atoms with Crippen molar-refractivity contribution in [1.82, 2.24) is 20.8 Å². The van der Waals surface area contributed by atoms with Gasteiger partial charge in [0.25, 0.3) is 0 Å². The highest BCUT2D eigenvalue weighted by atomic mass is 16.5. The molecule has 3 rings (SSSR count). The molecule has 1 saturated carbocycles. The molecule has 1 fully saturated rings. The van der Waals surface area contributed by atoms with Crippen LogP contribution in [0, 0.1) is 12.8 Å². The molecule has 2 aromatic rings. The molecule has 0 bridgehead atoms. The molecule has 0 unspecified atom stereocenters. The summed E-state index contributed by atoms with van der Waals surface area (Å²) in [6.07, 6.45) is 4.33. The van der Waals surface area contributed by atoms with Crippen LogP contribution < -0.4 is 15.4 Å². The lowest BCUT2D eigenvalue weighted by atomic mass is 10.1. The maximum Gasteiger partial charge on any atom is 0.191 e. The van der Waals surface area contributed by atoms with Crippen LogP contribution in [0.25, 0.3) is 0 Å². The van der Waals surface area contributed by atoms with Crippen LogP contribution in [0.5, 0.6) is 5.75 Å². The Bertz CT molecular complexity index is 677. The smallest absolute Gasteiger partial charge is 0.191 e. The van der Waals surface area contributed by atoms with E-state index in [1.807, 2.05) is 6.07 Å². The Kier molecular flexibility index (Phi) is 5.36. The molecular formula is C18H25N5O. The van der Waals surface area contributed by atoms with E-state index in [9.17, 15) is 0 Å². The topological polar surface area (TPSA) is 74.3 Å². The molecule has 3 N–H and O–H groups in total. The van der Waals surface area contributed by atoms with Crippen LogP contribution in [-0.2, 0) is 13.1 Å². The lowest BCUT2D eigenvalue weighted by molar-refractivity contribution is 0.296. The van der Waals surface area contributed by atoms with Gasteiger partial charge in [0, 0.05) is 25.4 Å². The highest BCUT2D eigenvalue weighted by molar-refractivity contribution is 5.79. The molecule has 1 aliphatic carbocycles. The molecule has 24 heavy (non-hydrogen) atoms. The van der Waals surface area contributed by atoms with E-state index in [0.717, 1.165) is 35.5 Å². The maximum atomic E-state index is 6.01. The third-order valence-electron chi connectivity index (χ3n) is 4.07. The highest BCUT2D eigenvalue weighted by Crippen LogP contribution is 2.30. The third-order valence-corrected chi connectivity index (χ3v) is 4.07. The SMILES string of the molecule is CN=C(NCc1ccn[nH]1)NCc1ccc(C)cc1OCC1CC1. The Balaban J connectivity index is 1.55. The van der Waals surface area contributed by atoms with Gasteiger partial charge in [-0.15, -0.1) is 0 Å². The van der Waals surface area contributed by atoms with Gasteiger partial charge in [-0.05, 0) is 43.4 Å². The number of ether oxygens (including phenoxy) is 1. The van der Waals surface area contributed by atoms with Crippen LogP contribution in [0.2, 0.25) is 0 Å². The predicted molar refractivity (Wildman–Crippen MR) is 95.0 cm³/mol. The van der Waals surface area contributed by atoms with Crippen LogP contribution in [0.15, 0.2) is 35.5 Å². The van der Waals surface area contributed by atoms with Gasteiger partial charge in [0.15, 0.2) is 5.96 Å². The second kappa shape index (κ2) is 7.86. The first-order valence-corrected chi connectivity index (χ1v) is 8.39. The fourth-order valence-corrected chi connectivity index (χ4v) is 2.40. The van der Waals surface area contributed by atoms with Crippen molar-refractivity contribution in [2.45, 2.75) is 32.9 Å². The van der Waals surface area contributed by atoms with E-state index >= 15 is 0 Å². The number of hydrogen-bond donors (Lipinski definition) is 3. The van der Waals surface area contributed by atoms with Crippen LogP contribution in [0.3, 0.4) is 0 Å². The summed E-state index contributed by atoms with van der Waals surface area (Å²) < 4.78 is 6.01. The molecule has 1 heterocycles. The number of nitrogens with one attached hydrogen (secondary N) is 3. The minimum Gasteiger partial charge on any atom is -0.493 e. The van der Waals surface area contributed by atoms with Crippen molar-refractivity contribution in [3.63, 3.8) is 0 Å². The molecule has 1 aromatic heterocycles. The molecule has 0 atom stereocenters. The summed E-state index contributed by atoms with van der Waals surface area (Å²) in [5, 5.41) is 13.5. The Morgan fingerprint density at radius 2 is 2.12 bits per heavy atom. The average molecular weight is 327 g/mol. The normalized spacial score (nSPS) is 14.5. The van der Waals surface area contributed by atoms with Crippen LogP contribution in [0.4, 0.5) is 0 Å². The molecule has 128 valence electrons. The van der Waals surface area contributed by atoms with Crippen LogP contribution in [0.1, 0.15) is 29.7 Å². The summed E-state index contributed by atoms with van der Waals surface area (Å²) in [6.45, 7) is 4.23. The van der Waals surface area contributed by atoms with Crippen molar-refractivity contribution in [1.29, 1.82) is 0 Å². The van der Waals surface area contributed by atoms with Gasteiger partial charge in [-0.1, -0.05) is 12.1 Å². The zero-order valence-corrected chi connectivity index (χ0v) is 14.3. The number of hydrogen-bond acceptors (Lipinski definition) is 3. The molecular weight excluding hydrogens is 302 g/mol. The van der Waals surface area contributed by atoms with E-state index in [1.165, 1.54) is 18.4 Å². The van der Waals surface area contributed by atoms with E-state index < -0.39 is 0 Å². The quantitative estimate of drug-likeness (QED) is 0.539. The minimum absolute atomic E-state index is 0.651. The second-order valence-electron chi connectivity index (χ2n) is 6.23. The standard InChI is InChI=1S/C18H25N5O/c1-13-3-6-15(17(9-13)24-12-14-4-5-14)10-20-18(19-2)21-11-16-7-8-22-23-16/h3,6-9,14H,4-5,10-12H2,1-2H3,(H,22,23)(H2,19,20,21). The summed E-state index contributed by atoms with van der Waals surface area (Å²) in [5.41, 5.74) is 3.37. The predicted octanol–water partition coefficient (Wildman–Crippen LogP) is 2.37. The number of aryl methyl sites for hydroxylation is 1. The number of aromatic nitrogens is 2. The lowest BCUT2D eigenvalue weighted by Gasteiger charge is -2.15. The van der Waals surface area contributed by atoms with Crippen molar-refractivity contribution >= 4 is 5.96 Å². The van der Waals surface area contributed by atoms with Crippen LogP contribution >= 0.6 is 0 Å². The molecule has 0 spiro atoms. The number of aliphatic imine (C=N–C) groups is 1. The molecule has 0 amide bonds. The van der Waals surface area contributed by atoms with Gasteiger partial charge in [0.05, 0.1) is 18.8 Å². The zero-order chi connectivity index (χ0) is 16.8. The highest BCUT2D eigenvalue weighted by Gasteiger charge is 2.22. The van der Waals surface area contributed by atoms with Gasteiger partial charge in [0.1, 0.15) is 5.75 Å². The van der Waals surface area contributed by atoms with Crippen molar-refractivity contribution in [3.05, 3.63) is 47.3 Å². The van der Waals surface area contributed by atoms with Crippen LogP contribution in [-0.4, -0.2) is 29.8 Å². The maximum absolute atomic E-state index is 6.01. The summed E-state index contributed by atoms with van der Waals surface area (Å²) >= 11 is 0. The number of rotatable bonds is 7. The Hall–Kier alpha value is -2.50. The zero-order valence-electron chi connectivity index (χ0n) is 14.3. The van der Waals surface area contributed by atoms with Gasteiger partial charge in [0.2, 0.25) is 0 Å². The molecule has 6 nitrogen and oxygen atoms in total. The first kappa shape index (κ1) is 16.4. The summed E-state index contributed by atoms with van der Waals surface area (Å²) in [6, 6.07) is 8.28. The molecule has 1 aliphatic rings. The number of nitrogens with zero attached hydrogens (tertiary/aromatic N) is 2. The van der Waals surface area contributed by atoms with Crippen molar-refractivity contribution in [2.24, 2.45) is 10.9 Å². The third kappa shape index (κ3) is 4.75. The van der Waals surface area contributed by atoms with E-state index in [0.29, 0.717) is 13.1 Å². The monoisotopic (exact) mass is 327 g/mol. The fourth-order valence-electron chi connectivity index (χ4n) is 2.40. The average Bonchev–Trinajstić information content (AvgIpc) is 3.28. The van der Waals surface area contributed by atoms with E-state index in [1.54, 1.807) is 13.2 Å². The Morgan fingerprint density at radius 1 is 1.29 bits per heavy atom. The summed E-state index contributed by atoms with van der Waals surface area (Å²) in [5.74, 6) is 2.46. The van der Waals surface area contributed by atoms with Crippen molar-refractivity contribution < 1.29 is 4.74 Å². The van der Waals surface area contributed by atoms with Gasteiger partial charge in [-0.2, -0.15) is 5.10 Å². The second-order valence-corrected chi connectivity index (χ2v) is 6.23. The van der Waals surface area contributed by atoms with E-state index in [2.05, 4.69) is 50.9 Å². The van der Waals surface area contributed by atoms with Crippen molar-refractivity contribution in [3.8, 4) is 5.75 Å². The molecule has 6 heteroatoms. The number of aromatic amines is 1. The summed E-state index contributed by atoms with van der Waals surface area (Å²) in [4.78, 5) is 4.25. The van der Waals surface area contributed by atoms with Gasteiger partial charge < -0.3 is 15.4 Å². The Morgan fingerprint density at radius 3 is 2.83 bits per heavy atom. The molecule has 0 radical (unpaired) electrons. The van der Waals surface area contributed by atoms with Gasteiger partial charge in [-0.25, -0.2) is 0 Å². The number of benzene rings is 1.